The Kier molecular flexibility index (Phi) is 5.90. The molecule has 0 bridgehead atoms. The minimum atomic E-state index is -1.15. The number of hydrogen-bond donors (Lipinski definition) is 1. The first-order valence-electron chi connectivity index (χ1n) is 7.55. The Balaban J connectivity index is 2.21. The molecular formula is C15H16BN3O5. The minimum Gasteiger partial charge on any atom is -0.536 e. The number of nitrogens with one attached hydrogen (secondary N) is 1. The SMILES string of the molecule is CCOC(=O)c1cccc2c1OB(N=O)[C@@H](NC(=O)CCC#N)C2. The number of para-hydroxylation sites is 1. The highest BCUT2D eigenvalue weighted by molar-refractivity contribution is 6.53. The lowest BCUT2D eigenvalue weighted by Gasteiger charge is -2.28. The van der Waals surface area contributed by atoms with Crippen molar-refractivity contribution < 1.29 is 19.0 Å². The fourth-order valence-corrected chi connectivity index (χ4v) is 2.46. The van der Waals surface area contributed by atoms with Crippen LogP contribution < -0.4 is 9.97 Å². The van der Waals surface area contributed by atoms with Gasteiger partial charge in [-0.3, -0.25) is 4.79 Å². The maximum absolute atomic E-state index is 12.0. The van der Waals surface area contributed by atoms with Crippen molar-refractivity contribution in [2.24, 2.45) is 5.09 Å². The molecule has 9 heteroatoms. The second-order valence-electron chi connectivity index (χ2n) is 5.16. The Morgan fingerprint density at radius 3 is 3.00 bits per heavy atom. The van der Waals surface area contributed by atoms with Crippen LogP contribution in [0.1, 0.15) is 35.7 Å². The van der Waals surface area contributed by atoms with Gasteiger partial charge in [0.25, 0.3) is 0 Å². The molecule has 1 aliphatic heterocycles. The van der Waals surface area contributed by atoms with Gasteiger partial charge in [0.05, 0.1) is 18.6 Å². The molecule has 2 rings (SSSR count). The molecule has 1 atom stereocenters. The van der Waals surface area contributed by atoms with Crippen LogP contribution in [0.3, 0.4) is 0 Å². The summed E-state index contributed by atoms with van der Waals surface area (Å²) in [6.45, 7) is 1.91. The third-order valence-electron chi connectivity index (χ3n) is 3.53. The van der Waals surface area contributed by atoms with Crippen molar-refractivity contribution in [1.29, 1.82) is 5.26 Å². The molecule has 1 heterocycles. The molecule has 1 aromatic carbocycles. The molecule has 1 aromatic rings. The van der Waals surface area contributed by atoms with Gasteiger partial charge < -0.3 is 14.7 Å². The van der Waals surface area contributed by atoms with E-state index in [2.05, 4.69) is 10.4 Å². The summed E-state index contributed by atoms with van der Waals surface area (Å²) in [5, 5.41) is 14.1. The smallest absolute Gasteiger partial charge is 0.536 e. The molecule has 0 unspecified atom stereocenters. The third kappa shape index (κ3) is 3.90. The molecular weight excluding hydrogens is 313 g/mol. The predicted molar refractivity (Wildman–Crippen MR) is 85.1 cm³/mol. The van der Waals surface area contributed by atoms with Gasteiger partial charge >= 0.3 is 13.0 Å². The first kappa shape index (κ1) is 17.5. The standard InChI is InChI=1S/C15H16BN3O5/c1-2-23-15(21)11-6-3-5-10-9-12(16(19-22)24-14(10)11)18-13(20)7-4-8-17/h3,5-6,12H,2,4,7,9H2,1H3,(H,18,20)/t12-/m0/s1. The number of carbonyl (C=O) groups is 2. The summed E-state index contributed by atoms with van der Waals surface area (Å²) in [6.07, 6.45) is 0.410. The molecule has 1 amide bonds. The van der Waals surface area contributed by atoms with Gasteiger partial charge in [-0.2, -0.15) is 10.2 Å². The van der Waals surface area contributed by atoms with Crippen molar-refractivity contribution in [2.45, 2.75) is 32.1 Å². The third-order valence-corrected chi connectivity index (χ3v) is 3.53. The summed E-state index contributed by atoms with van der Waals surface area (Å²) in [7, 11) is -1.15. The van der Waals surface area contributed by atoms with Gasteiger partial charge in [0, 0.05) is 12.8 Å². The fraction of sp³-hybridized carbons (Fsp3) is 0.400. The second kappa shape index (κ2) is 8.10. The summed E-state index contributed by atoms with van der Waals surface area (Å²) in [6, 6.07) is 6.85. The van der Waals surface area contributed by atoms with Crippen LogP contribution in [0.4, 0.5) is 0 Å². The summed E-state index contributed by atoms with van der Waals surface area (Å²) in [5.41, 5.74) is 0.892. The molecule has 0 saturated heterocycles. The topological polar surface area (TPSA) is 118 Å². The van der Waals surface area contributed by atoms with E-state index in [1.807, 2.05) is 6.07 Å². The van der Waals surface area contributed by atoms with Crippen molar-refractivity contribution in [3.63, 3.8) is 0 Å². The monoisotopic (exact) mass is 329 g/mol. The predicted octanol–water partition coefficient (Wildman–Crippen LogP) is 1.38. The number of nitriles is 1. The van der Waals surface area contributed by atoms with E-state index >= 15 is 0 Å². The van der Waals surface area contributed by atoms with Gasteiger partial charge in [0.1, 0.15) is 11.3 Å². The lowest BCUT2D eigenvalue weighted by molar-refractivity contribution is -0.121. The first-order valence-corrected chi connectivity index (χ1v) is 7.55. The zero-order chi connectivity index (χ0) is 17.5. The summed E-state index contributed by atoms with van der Waals surface area (Å²) < 4.78 is 10.5. The lowest BCUT2D eigenvalue weighted by Crippen LogP contribution is -2.52. The Morgan fingerprint density at radius 2 is 2.33 bits per heavy atom. The maximum Gasteiger partial charge on any atom is 0.570 e. The highest BCUT2D eigenvalue weighted by Gasteiger charge is 2.40. The maximum atomic E-state index is 12.0. The van der Waals surface area contributed by atoms with E-state index < -0.39 is 19.0 Å². The van der Waals surface area contributed by atoms with Crippen molar-refractivity contribution in [3.05, 3.63) is 34.2 Å². The second-order valence-corrected chi connectivity index (χ2v) is 5.16. The number of carbonyl (C=O) groups excluding carboxylic acids is 2. The Bertz CT molecular complexity index is 688. The molecule has 1 aliphatic rings. The van der Waals surface area contributed by atoms with Gasteiger partial charge in [0.15, 0.2) is 0 Å². The van der Waals surface area contributed by atoms with E-state index in [0.717, 1.165) is 0 Å². The molecule has 1 N–H and O–H groups in total. The van der Waals surface area contributed by atoms with Crippen LogP contribution in [0.15, 0.2) is 23.3 Å². The minimum absolute atomic E-state index is 0.0360. The summed E-state index contributed by atoms with van der Waals surface area (Å²) >= 11 is 0. The molecule has 0 aliphatic carbocycles. The Labute approximate surface area is 139 Å². The van der Waals surface area contributed by atoms with Crippen molar-refractivity contribution >= 4 is 18.9 Å². The molecule has 8 nitrogen and oxygen atoms in total. The van der Waals surface area contributed by atoms with Crippen LogP contribution in [-0.4, -0.2) is 31.5 Å². The fourth-order valence-electron chi connectivity index (χ4n) is 2.46. The molecule has 124 valence electrons. The van der Waals surface area contributed by atoms with Gasteiger partial charge in [-0.1, -0.05) is 17.2 Å². The highest BCUT2D eigenvalue weighted by atomic mass is 16.5. The van der Waals surface area contributed by atoms with E-state index in [1.165, 1.54) is 0 Å². The lowest BCUT2D eigenvalue weighted by atomic mass is 9.68. The zero-order valence-electron chi connectivity index (χ0n) is 13.2. The van der Waals surface area contributed by atoms with Crippen molar-refractivity contribution in [1.82, 2.24) is 5.32 Å². The van der Waals surface area contributed by atoms with Crippen LogP contribution in [0, 0.1) is 16.2 Å². The average Bonchev–Trinajstić information content (AvgIpc) is 2.58. The molecule has 0 spiro atoms. The van der Waals surface area contributed by atoms with Crippen LogP contribution >= 0.6 is 0 Å². The molecule has 0 aromatic heterocycles. The van der Waals surface area contributed by atoms with Gasteiger partial charge in [0.2, 0.25) is 5.91 Å². The highest BCUT2D eigenvalue weighted by Crippen LogP contribution is 2.31. The zero-order valence-corrected chi connectivity index (χ0v) is 13.2. The quantitative estimate of drug-likeness (QED) is 0.478. The van der Waals surface area contributed by atoms with Crippen LogP contribution in [-0.2, 0) is 16.0 Å². The number of amides is 1. The number of rotatable bonds is 6. The van der Waals surface area contributed by atoms with E-state index in [0.29, 0.717) is 5.56 Å². The van der Waals surface area contributed by atoms with Crippen LogP contribution in [0.25, 0.3) is 0 Å². The van der Waals surface area contributed by atoms with E-state index in [9.17, 15) is 14.5 Å². The number of esters is 1. The number of nitroso groups, excluding NO2 is 1. The molecule has 24 heavy (non-hydrogen) atoms. The number of nitrogens with zero attached hydrogens (tertiary/aromatic N) is 2. The number of hydrogen-bond acceptors (Lipinski definition) is 7. The largest absolute Gasteiger partial charge is 0.570 e. The van der Waals surface area contributed by atoms with Crippen molar-refractivity contribution in [2.75, 3.05) is 6.61 Å². The molecule has 0 saturated carbocycles. The molecule has 0 radical (unpaired) electrons. The Morgan fingerprint density at radius 1 is 1.54 bits per heavy atom. The van der Waals surface area contributed by atoms with Crippen LogP contribution in [0.5, 0.6) is 5.75 Å². The number of ether oxygens (including phenoxy) is 1. The summed E-state index contributed by atoms with van der Waals surface area (Å²) in [5.74, 6) is -1.30. The van der Waals surface area contributed by atoms with E-state index in [4.69, 9.17) is 14.7 Å². The van der Waals surface area contributed by atoms with Gasteiger partial charge in [-0.25, -0.2) is 4.79 Å². The number of fused-ring (bicyclic) bond motifs is 1. The van der Waals surface area contributed by atoms with Gasteiger partial charge in [-0.15, -0.1) is 0 Å². The average molecular weight is 329 g/mol. The summed E-state index contributed by atoms with van der Waals surface area (Å²) in [4.78, 5) is 34.8. The van der Waals surface area contributed by atoms with Crippen molar-refractivity contribution in [3.8, 4) is 11.8 Å². The van der Waals surface area contributed by atoms with E-state index in [-0.39, 0.29) is 43.1 Å². The van der Waals surface area contributed by atoms with Gasteiger partial charge in [-0.05, 0) is 25.0 Å². The first-order chi connectivity index (χ1) is 11.6. The molecule has 0 fully saturated rings. The van der Waals surface area contributed by atoms with E-state index in [1.54, 1.807) is 25.1 Å². The number of benzene rings is 1. The van der Waals surface area contributed by atoms with Crippen LogP contribution in [0.2, 0.25) is 0 Å². The Hall–Kier alpha value is -2.89. The normalized spacial score (nSPS) is 15.5.